The highest BCUT2D eigenvalue weighted by atomic mass is 15.1. The molecule has 2 aromatic carbocycles. The van der Waals surface area contributed by atoms with Crippen LogP contribution in [0.1, 0.15) is 16.7 Å². The zero-order valence-electron chi connectivity index (χ0n) is 13.5. The zero-order chi connectivity index (χ0) is 16.7. The lowest BCUT2D eigenvalue weighted by atomic mass is 10.1. The smallest absolute Gasteiger partial charge is 0.157 e. The van der Waals surface area contributed by atoms with Gasteiger partial charge in [0.2, 0.25) is 0 Å². The summed E-state index contributed by atoms with van der Waals surface area (Å²) in [4.78, 5) is 4.67. The summed E-state index contributed by atoms with van der Waals surface area (Å²) >= 11 is 0. The molecule has 4 rings (SSSR count). The van der Waals surface area contributed by atoms with E-state index in [9.17, 15) is 5.26 Å². The van der Waals surface area contributed by atoms with Crippen LogP contribution >= 0.6 is 0 Å². The largest absolute Gasteiger partial charge is 0.341 e. The third kappa shape index (κ3) is 2.19. The molecule has 0 saturated carbocycles. The van der Waals surface area contributed by atoms with Gasteiger partial charge in [-0.3, -0.25) is 4.40 Å². The van der Waals surface area contributed by atoms with Gasteiger partial charge >= 0.3 is 0 Å². The van der Waals surface area contributed by atoms with Gasteiger partial charge in [-0.2, -0.15) is 5.26 Å². The van der Waals surface area contributed by atoms with E-state index in [2.05, 4.69) is 35.4 Å². The van der Waals surface area contributed by atoms with Crippen LogP contribution in [0.2, 0.25) is 0 Å². The minimum Gasteiger partial charge on any atom is -0.341 e. The first-order valence-electron chi connectivity index (χ1n) is 7.82. The van der Waals surface area contributed by atoms with Gasteiger partial charge in [-0.1, -0.05) is 24.3 Å². The van der Waals surface area contributed by atoms with Crippen molar-refractivity contribution in [1.29, 1.82) is 5.26 Å². The van der Waals surface area contributed by atoms with E-state index in [-0.39, 0.29) is 0 Å². The van der Waals surface area contributed by atoms with Crippen LogP contribution in [0, 0.1) is 25.2 Å². The molecule has 2 aromatic heterocycles. The van der Waals surface area contributed by atoms with E-state index in [0.717, 1.165) is 28.1 Å². The Bertz CT molecular complexity index is 1120. The maximum absolute atomic E-state index is 9.53. The number of nitrogens with zero attached hydrogens (tertiary/aromatic N) is 3. The van der Waals surface area contributed by atoms with Crippen molar-refractivity contribution < 1.29 is 0 Å². The van der Waals surface area contributed by atoms with E-state index in [1.165, 1.54) is 5.56 Å². The molecule has 2 heterocycles. The molecule has 4 heteroatoms. The molecular formula is C20H16N4. The predicted octanol–water partition coefficient (Wildman–Crippen LogP) is 4.72. The first-order chi connectivity index (χ1) is 11.7. The summed E-state index contributed by atoms with van der Waals surface area (Å²) in [6.07, 6.45) is 0. The summed E-state index contributed by atoms with van der Waals surface area (Å²) < 4.78 is 2.02. The molecule has 0 aliphatic heterocycles. The van der Waals surface area contributed by atoms with Crippen LogP contribution in [0.25, 0.3) is 16.7 Å². The van der Waals surface area contributed by atoms with Gasteiger partial charge in [-0.15, -0.1) is 0 Å². The molecule has 0 radical (unpaired) electrons. The lowest BCUT2D eigenvalue weighted by molar-refractivity contribution is 1.19. The molecule has 1 N–H and O–H groups in total. The number of imidazole rings is 1. The molecule has 0 bridgehead atoms. The molecule has 0 aliphatic carbocycles. The fourth-order valence-electron chi connectivity index (χ4n) is 3.06. The summed E-state index contributed by atoms with van der Waals surface area (Å²) in [5.74, 6) is 0.904. The number of benzene rings is 2. The average molecular weight is 312 g/mol. The minimum absolute atomic E-state index is 0.612. The Morgan fingerprint density at radius 1 is 1.04 bits per heavy atom. The minimum atomic E-state index is 0.612. The van der Waals surface area contributed by atoms with Gasteiger partial charge in [0.15, 0.2) is 5.65 Å². The lowest BCUT2D eigenvalue weighted by Gasteiger charge is -2.13. The number of anilines is 2. The summed E-state index contributed by atoms with van der Waals surface area (Å²) in [6.45, 7) is 4.01. The second kappa shape index (κ2) is 5.39. The molecule has 116 valence electrons. The summed E-state index contributed by atoms with van der Waals surface area (Å²) in [6, 6.07) is 20.4. The van der Waals surface area contributed by atoms with E-state index in [4.69, 9.17) is 0 Å². The molecule has 0 unspecified atom stereocenters. The highest BCUT2D eigenvalue weighted by Gasteiger charge is 2.15. The van der Waals surface area contributed by atoms with E-state index >= 15 is 0 Å². The standard InChI is InChI=1S/C20H16N4/c1-13-6-5-7-15(10-13)22-19-11-14(2)16(12-21)20-23-17-8-3-4-9-18(17)24(19)20/h3-11,22H,1-2H3. The monoisotopic (exact) mass is 312 g/mol. The molecule has 24 heavy (non-hydrogen) atoms. The van der Waals surface area contributed by atoms with Gasteiger partial charge in [0.05, 0.1) is 16.6 Å². The van der Waals surface area contributed by atoms with Crippen molar-refractivity contribution in [2.45, 2.75) is 13.8 Å². The summed E-state index contributed by atoms with van der Waals surface area (Å²) in [7, 11) is 0. The Hall–Kier alpha value is -3.32. The molecule has 0 aliphatic rings. The number of nitriles is 1. The lowest BCUT2D eigenvalue weighted by Crippen LogP contribution is -2.02. The quantitative estimate of drug-likeness (QED) is 0.582. The number of pyridine rings is 1. The number of nitrogens with one attached hydrogen (secondary N) is 1. The van der Waals surface area contributed by atoms with E-state index in [0.29, 0.717) is 11.2 Å². The van der Waals surface area contributed by atoms with Crippen LogP contribution in [0.15, 0.2) is 54.6 Å². The van der Waals surface area contributed by atoms with Gasteiger partial charge in [0.1, 0.15) is 11.9 Å². The number of para-hydroxylation sites is 2. The van der Waals surface area contributed by atoms with E-state index in [1.807, 2.05) is 53.8 Å². The second-order valence-corrected chi connectivity index (χ2v) is 5.95. The normalized spacial score (nSPS) is 10.9. The summed E-state index contributed by atoms with van der Waals surface area (Å²) in [5.41, 5.74) is 6.28. The van der Waals surface area contributed by atoms with Crippen LogP contribution in [-0.4, -0.2) is 9.38 Å². The third-order valence-corrected chi connectivity index (χ3v) is 4.18. The fourth-order valence-corrected chi connectivity index (χ4v) is 3.06. The average Bonchev–Trinajstić information content (AvgIpc) is 2.94. The van der Waals surface area contributed by atoms with Crippen molar-refractivity contribution in [3.8, 4) is 6.07 Å². The Labute approximate surface area is 140 Å². The molecule has 4 aromatic rings. The van der Waals surface area contributed by atoms with Crippen LogP contribution in [0.4, 0.5) is 11.5 Å². The zero-order valence-corrected chi connectivity index (χ0v) is 13.5. The number of fused-ring (bicyclic) bond motifs is 3. The number of hydrogen-bond donors (Lipinski definition) is 1. The Balaban J connectivity index is 2.03. The SMILES string of the molecule is Cc1cccc(Nc2cc(C)c(C#N)c3nc4ccccc4n23)c1. The molecular weight excluding hydrogens is 296 g/mol. The van der Waals surface area contributed by atoms with Gasteiger partial charge in [-0.25, -0.2) is 4.98 Å². The topological polar surface area (TPSA) is 53.1 Å². The predicted molar refractivity (Wildman–Crippen MR) is 96.6 cm³/mol. The van der Waals surface area contributed by atoms with Crippen molar-refractivity contribution in [3.05, 3.63) is 71.3 Å². The highest BCUT2D eigenvalue weighted by molar-refractivity contribution is 5.85. The van der Waals surface area contributed by atoms with Gasteiger partial charge in [0.25, 0.3) is 0 Å². The molecule has 0 atom stereocenters. The van der Waals surface area contributed by atoms with Crippen LogP contribution in [0.3, 0.4) is 0 Å². The first-order valence-corrected chi connectivity index (χ1v) is 7.82. The highest BCUT2D eigenvalue weighted by Crippen LogP contribution is 2.28. The van der Waals surface area contributed by atoms with Crippen LogP contribution < -0.4 is 5.32 Å². The number of aromatic nitrogens is 2. The van der Waals surface area contributed by atoms with Crippen molar-refractivity contribution in [3.63, 3.8) is 0 Å². The molecule has 0 spiro atoms. The maximum Gasteiger partial charge on any atom is 0.157 e. The summed E-state index contributed by atoms with van der Waals surface area (Å²) in [5, 5.41) is 13.0. The van der Waals surface area contributed by atoms with E-state index in [1.54, 1.807) is 0 Å². The van der Waals surface area contributed by atoms with Crippen LogP contribution in [-0.2, 0) is 0 Å². The first kappa shape index (κ1) is 14.3. The van der Waals surface area contributed by atoms with Gasteiger partial charge in [-0.05, 0) is 55.3 Å². The van der Waals surface area contributed by atoms with Gasteiger partial charge < -0.3 is 5.32 Å². The molecule has 0 fully saturated rings. The molecule has 0 amide bonds. The van der Waals surface area contributed by atoms with Crippen LogP contribution in [0.5, 0.6) is 0 Å². The number of rotatable bonds is 2. The number of aryl methyl sites for hydroxylation is 2. The number of hydrogen-bond acceptors (Lipinski definition) is 3. The van der Waals surface area contributed by atoms with E-state index < -0.39 is 0 Å². The van der Waals surface area contributed by atoms with Crippen molar-refractivity contribution in [2.75, 3.05) is 5.32 Å². The Kier molecular flexibility index (Phi) is 3.21. The Morgan fingerprint density at radius 3 is 2.67 bits per heavy atom. The van der Waals surface area contributed by atoms with Gasteiger partial charge in [0, 0.05) is 5.69 Å². The van der Waals surface area contributed by atoms with Crippen molar-refractivity contribution in [1.82, 2.24) is 9.38 Å². The van der Waals surface area contributed by atoms with Crippen molar-refractivity contribution in [2.24, 2.45) is 0 Å². The Morgan fingerprint density at radius 2 is 1.88 bits per heavy atom. The molecule has 4 nitrogen and oxygen atoms in total. The maximum atomic E-state index is 9.53. The molecule has 0 saturated heterocycles. The van der Waals surface area contributed by atoms with Crippen molar-refractivity contribution >= 4 is 28.2 Å². The second-order valence-electron chi connectivity index (χ2n) is 5.95. The fraction of sp³-hybridized carbons (Fsp3) is 0.100. The third-order valence-electron chi connectivity index (χ3n) is 4.18.